The molecule has 0 bridgehead atoms. The summed E-state index contributed by atoms with van der Waals surface area (Å²) in [6.45, 7) is 6.60. The molecule has 0 fully saturated rings. The minimum absolute atomic E-state index is 0.230. The quantitative estimate of drug-likeness (QED) is 0.105. The number of rotatable bonds is 10. The second-order valence-corrected chi connectivity index (χ2v) is 13.4. The van der Waals surface area contributed by atoms with Crippen LogP contribution >= 0.6 is 0 Å². The van der Waals surface area contributed by atoms with Crippen LogP contribution in [0.15, 0.2) is 133 Å². The van der Waals surface area contributed by atoms with E-state index in [0.29, 0.717) is 51.9 Å². The molecule has 7 rings (SSSR count). The van der Waals surface area contributed by atoms with E-state index < -0.39 is 11.9 Å². The van der Waals surface area contributed by atoms with E-state index in [2.05, 4.69) is 62.4 Å². The van der Waals surface area contributed by atoms with Crippen LogP contribution in [0, 0.1) is 0 Å². The summed E-state index contributed by atoms with van der Waals surface area (Å²) >= 11 is 0. The zero-order valence-electron chi connectivity index (χ0n) is 30.3. The molecule has 6 heteroatoms. The predicted molar refractivity (Wildman–Crippen MR) is 209 cm³/mol. The first kappa shape index (κ1) is 35.3. The highest BCUT2D eigenvalue weighted by Gasteiger charge is 2.22. The lowest BCUT2D eigenvalue weighted by atomic mass is 10.0. The Hall–Kier alpha value is -6.14. The van der Waals surface area contributed by atoms with Crippen LogP contribution in [0.3, 0.4) is 0 Å². The minimum atomic E-state index is -0.478. The van der Waals surface area contributed by atoms with Crippen LogP contribution < -0.4 is 18.9 Å². The summed E-state index contributed by atoms with van der Waals surface area (Å²) in [5, 5.41) is 0. The maximum Gasteiger partial charge on any atom is 0.343 e. The number of hydrogen-bond donors (Lipinski definition) is 0. The van der Waals surface area contributed by atoms with E-state index in [1.165, 1.54) is 11.1 Å². The molecule has 6 nitrogen and oxygen atoms in total. The summed E-state index contributed by atoms with van der Waals surface area (Å²) < 4.78 is 24.0. The van der Waals surface area contributed by atoms with Crippen molar-refractivity contribution in [3.8, 4) is 56.4 Å². The summed E-state index contributed by atoms with van der Waals surface area (Å²) in [5.41, 5.74) is 9.01. The zero-order valence-corrected chi connectivity index (χ0v) is 30.3. The molecule has 266 valence electrons. The second kappa shape index (κ2) is 16.0. The smallest absolute Gasteiger partial charge is 0.343 e. The van der Waals surface area contributed by atoms with Crippen molar-refractivity contribution in [2.45, 2.75) is 52.6 Å². The number of ether oxygens (including phenoxy) is 4. The Labute approximate surface area is 311 Å². The van der Waals surface area contributed by atoms with Crippen molar-refractivity contribution in [2.24, 2.45) is 0 Å². The molecule has 1 heterocycles. The Balaban J connectivity index is 1.08. The average Bonchev–Trinajstić information content (AvgIpc) is 3.18. The lowest BCUT2D eigenvalue weighted by Gasteiger charge is -2.24. The van der Waals surface area contributed by atoms with Gasteiger partial charge in [0.25, 0.3) is 0 Å². The van der Waals surface area contributed by atoms with Gasteiger partial charge in [-0.05, 0) is 114 Å². The lowest BCUT2D eigenvalue weighted by molar-refractivity contribution is 0.0724. The predicted octanol–water partition coefficient (Wildman–Crippen LogP) is 11.2. The van der Waals surface area contributed by atoms with Crippen LogP contribution in [0.25, 0.3) is 33.4 Å². The first-order valence-corrected chi connectivity index (χ1v) is 18.3. The number of fused-ring (bicyclic) bond motifs is 3. The first-order valence-electron chi connectivity index (χ1n) is 18.3. The molecule has 6 aromatic rings. The molecule has 0 saturated carbocycles. The Bertz CT molecular complexity index is 2200. The van der Waals surface area contributed by atoms with Crippen molar-refractivity contribution in [1.29, 1.82) is 0 Å². The number of carbonyl (C=O) groups excluding carboxylic acids is 2. The molecule has 1 aliphatic heterocycles. The molecule has 0 amide bonds. The fourth-order valence-electron chi connectivity index (χ4n) is 6.49. The third-order valence-corrected chi connectivity index (χ3v) is 9.31. The highest BCUT2D eigenvalue weighted by molar-refractivity contribution is 5.93. The summed E-state index contributed by atoms with van der Waals surface area (Å²) in [4.78, 5) is 26.6. The molecular weight excluding hydrogens is 661 g/mol. The fourth-order valence-corrected chi connectivity index (χ4v) is 6.49. The maximum absolute atomic E-state index is 13.3. The lowest BCUT2D eigenvalue weighted by Crippen LogP contribution is -2.23. The Morgan fingerprint density at radius 3 is 1.38 bits per heavy atom. The topological polar surface area (TPSA) is 71.1 Å². The van der Waals surface area contributed by atoms with Gasteiger partial charge in [-0.25, -0.2) is 9.59 Å². The van der Waals surface area contributed by atoms with Crippen molar-refractivity contribution in [3.05, 3.63) is 156 Å². The molecule has 6 aromatic carbocycles. The largest absolute Gasteiger partial charge is 0.489 e. The van der Waals surface area contributed by atoms with E-state index in [1.54, 1.807) is 60.7 Å². The molecule has 1 aliphatic rings. The van der Waals surface area contributed by atoms with Gasteiger partial charge in [0.2, 0.25) is 0 Å². The molecule has 0 radical (unpaired) electrons. The third-order valence-electron chi connectivity index (χ3n) is 9.31. The molecule has 1 atom stereocenters. The van der Waals surface area contributed by atoms with Crippen molar-refractivity contribution in [1.82, 2.24) is 0 Å². The van der Waals surface area contributed by atoms with Crippen LogP contribution in [0.5, 0.6) is 23.0 Å². The van der Waals surface area contributed by atoms with Crippen LogP contribution in [0.1, 0.15) is 65.5 Å². The van der Waals surface area contributed by atoms with E-state index in [0.717, 1.165) is 47.9 Å². The summed E-state index contributed by atoms with van der Waals surface area (Å²) in [7, 11) is 0. The van der Waals surface area contributed by atoms with E-state index in [1.807, 2.05) is 31.2 Å². The van der Waals surface area contributed by atoms with Crippen LogP contribution in [0.4, 0.5) is 0 Å². The molecule has 0 saturated heterocycles. The van der Waals surface area contributed by atoms with Crippen molar-refractivity contribution in [3.63, 3.8) is 0 Å². The molecule has 53 heavy (non-hydrogen) atoms. The zero-order chi connectivity index (χ0) is 36.7. The summed E-state index contributed by atoms with van der Waals surface area (Å²) in [6.07, 6.45) is 4.09. The molecule has 0 N–H and O–H groups in total. The van der Waals surface area contributed by atoms with Gasteiger partial charge < -0.3 is 18.9 Å². The highest BCUT2D eigenvalue weighted by Crippen LogP contribution is 2.42. The SMILES string of the molecule is CCCc1ccc(-c2ccc(C(=O)Oc3ccc4c(c3)-c3cc(OC(=O)c5ccc(-c6ccc(CCC)cc6)cc5)ccc3O[C@H](C)CO4)cc2)cc1. The standard InChI is InChI=1S/C47H42O6/c1-4-6-32-8-12-34(13-9-32)36-16-20-38(21-17-36)46(48)52-40-24-26-44-42(28-40)43-29-41(25-27-45(43)51-31(3)30-50-44)53-47(49)39-22-18-37(19-23-39)35-14-10-33(7-5-2)11-15-35/h8-29,31H,4-7,30H2,1-3H3/t31-/m1/s1. The monoisotopic (exact) mass is 702 g/mol. The van der Waals surface area contributed by atoms with E-state index in [4.69, 9.17) is 18.9 Å². The Morgan fingerprint density at radius 2 is 0.943 bits per heavy atom. The molecule has 0 unspecified atom stereocenters. The fraction of sp³-hybridized carbons (Fsp3) is 0.191. The van der Waals surface area contributed by atoms with Crippen LogP contribution in [-0.2, 0) is 12.8 Å². The highest BCUT2D eigenvalue weighted by atomic mass is 16.5. The maximum atomic E-state index is 13.3. The molecule has 0 aromatic heterocycles. The third kappa shape index (κ3) is 8.34. The van der Waals surface area contributed by atoms with Gasteiger partial charge >= 0.3 is 11.9 Å². The number of carbonyl (C=O) groups is 2. The van der Waals surface area contributed by atoms with Gasteiger partial charge in [0.05, 0.1) is 11.1 Å². The number of benzene rings is 6. The number of hydrogen-bond acceptors (Lipinski definition) is 6. The van der Waals surface area contributed by atoms with Gasteiger partial charge in [0.15, 0.2) is 0 Å². The van der Waals surface area contributed by atoms with Gasteiger partial charge in [-0.2, -0.15) is 0 Å². The van der Waals surface area contributed by atoms with Gasteiger partial charge in [-0.3, -0.25) is 0 Å². The number of aryl methyl sites for hydroxylation is 2. The van der Waals surface area contributed by atoms with Crippen molar-refractivity contribution >= 4 is 11.9 Å². The second-order valence-electron chi connectivity index (χ2n) is 13.4. The van der Waals surface area contributed by atoms with Gasteiger partial charge in [0.1, 0.15) is 35.7 Å². The van der Waals surface area contributed by atoms with Crippen LogP contribution in [-0.4, -0.2) is 24.6 Å². The van der Waals surface area contributed by atoms with E-state index in [-0.39, 0.29) is 6.10 Å². The van der Waals surface area contributed by atoms with Gasteiger partial charge in [-0.15, -0.1) is 0 Å². The molecular formula is C47H42O6. The van der Waals surface area contributed by atoms with Gasteiger partial charge in [0, 0.05) is 11.1 Å². The number of esters is 2. The van der Waals surface area contributed by atoms with Crippen molar-refractivity contribution in [2.75, 3.05) is 6.61 Å². The van der Waals surface area contributed by atoms with Crippen molar-refractivity contribution < 1.29 is 28.5 Å². The average molecular weight is 703 g/mol. The van der Waals surface area contributed by atoms with Crippen LogP contribution in [0.2, 0.25) is 0 Å². The molecule has 0 aliphatic carbocycles. The van der Waals surface area contributed by atoms with E-state index in [9.17, 15) is 9.59 Å². The normalized spacial score (nSPS) is 13.3. The summed E-state index contributed by atoms with van der Waals surface area (Å²) in [6, 6.07) is 42.3. The van der Waals surface area contributed by atoms with Gasteiger partial charge in [-0.1, -0.05) is 99.5 Å². The Morgan fingerprint density at radius 1 is 0.547 bits per heavy atom. The molecule has 0 spiro atoms. The summed E-state index contributed by atoms with van der Waals surface area (Å²) in [5.74, 6) is 0.919. The Kier molecular flexibility index (Phi) is 10.7. The van der Waals surface area contributed by atoms with E-state index >= 15 is 0 Å². The first-order chi connectivity index (χ1) is 25.9. The minimum Gasteiger partial charge on any atom is -0.489 e.